The number of nitrogens with one attached hydrogen (secondary N) is 1. The molecular weight excluding hydrogens is 318 g/mol. The smallest absolute Gasteiger partial charge is 0.258 e. The van der Waals surface area contributed by atoms with E-state index in [9.17, 15) is 4.79 Å². The number of halogens is 1. The molecule has 0 saturated heterocycles. The van der Waals surface area contributed by atoms with Gasteiger partial charge < -0.3 is 9.73 Å². The van der Waals surface area contributed by atoms with Gasteiger partial charge in [0.2, 0.25) is 0 Å². The Balaban J connectivity index is 1.99. The number of carbonyl (C=O) groups excluding carboxylic acids is 1. The first-order chi connectivity index (χ1) is 9.65. The number of fused-ring (bicyclic) bond motifs is 1. The molecule has 0 spiro atoms. The van der Waals surface area contributed by atoms with Gasteiger partial charge in [-0.25, -0.2) is 0 Å². The van der Waals surface area contributed by atoms with E-state index in [1.54, 1.807) is 6.07 Å². The van der Waals surface area contributed by atoms with Gasteiger partial charge in [-0.1, -0.05) is 40.2 Å². The van der Waals surface area contributed by atoms with E-state index in [0.29, 0.717) is 5.56 Å². The van der Waals surface area contributed by atoms with Crippen LogP contribution >= 0.6 is 15.9 Å². The number of aryl methyl sites for hydroxylation is 1. The van der Waals surface area contributed by atoms with Gasteiger partial charge in [0.05, 0.1) is 5.56 Å². The van der Waals surface area contributed by atoms with E-state index in [4.69, 9.17) is 4.42 Å². The third-order valence-corrected chi connectivity index (χ3v) is 3.80. The van der Waals surface area contributed by atoms with E-state index >= 15 is 0 Å². The number of furan rings is 1. The Bertz CT molecular complexity index is 792. The molecular formula is C16H12BrNO2. The van der Waals surface area contributed by atoms with Crippen LogP contribution in [0, 0.1) is 6.92 Å². The summed E-state index contributed by atoms with van der Waals surface area (Å²) in [5.74, 6) is 0.546. The van der Waals surface area contributed by atoms with Gasteiger partial charge in [-0.05, 0) is 30.5 Å². The van der Waals surface area contributed by atoms with Crippen LogP contribution in [0.2, 0.25) is 0 Å². The lowest BCUT2D eigenvalue weighted by Crippen LogP contribution is -2.11. The molecule has 20 heavy (non-hydrogen) atoms. The Morgan fingerprint density at radius 2 is 1.90 bits per heavy atom. The van der Waals surface area contributed by atoms with Gasteiger partial charge in [-0.2, -0.15) is 0 Å². The second kappa shape index (κ2) is 5.13. The first kappa shape index (κ1) is 12.9. The minimum Gasteiger partial charge on any atom is -0.469 e. The predicted octanol–water partition coefficient (Wildman–Crippen LogP) is 4.76. The van der Waals surface area contributed by atoms with Crippen molar-refractivity contribution in [1.82, 2.24) is 0 Å². The summed E-state index contributed by atoms with van der Waals surface area (Å²) in [5.41, 5.74) is 1.31. The maximum absolute atomic E-state index is 12.2. The molecule has 0 atom stereocenters. The van der Waals surface area contributed by atoms with Crippen molar-refractivity contribution in [3.8, 4) is 0 Å². The molecule has 0 unspecified atom stereocenters. The molecule has 1 aromatic heterocycles. The zero-order valence-electron chi connectivity index (χ0n) is 10.8. The van der Waals surface area contributed by atoms with Crippen molar-refractivity contribution in [1.29, 1.82) is 0 Å². The van der Waals surface area contributed by atoms with E-state index in [0.717, 1.165) is 26.7 Å². The lowest BCUT2D eigenvalue weighted by molar-refractivity contribution is 0.102. The van der Waals surface area contributed by atoms with Crippen molar-refractivity contribution in [3.63, 3.8) is 0 Å². The molecule has 0 radical (unpaired) electrons. The summed E-state index contributed by atoms with van der Waals surface area (Å²) >= 11 is 3.52. The molecule has 4 heteroatoms. The van der Waals surface area contributed by atoms with Crippen LogP contribution in [0.5, 0.6) is 0 Å². The lowest BCUT2D eigenvalue weighted by Gasteiger charge is -2.09. The molecule has 0 aliphatic rings. The van der Waals surface area contributed by atoms with E-state index in [2.05, 4.69) is 21.2 Å². The maximum Gasteiger partial charge on any atom is 0.258 e. The van der Waals surface area contributed by atoms with E-state index in [1.165, 1.54) is 6.26 Å². The lowest BCUT2D eigenvalue weighted by atomic mass is 10.1. The highest BCUT2D eigenvalue weighted by atomic mass is 79.9. The highest BCUT2D eigenvalue weighted by Crippen LogP contribution is 2.30. The number of hydrogen-bond acceptors (Lipinski definition) is 2. The molecule has 100 valence electrons. The monoisotopic (exact) mass is 329 g/mol. The molecule has 1 heterocycles. The van der Waals surface area contributed by atoms with Crippen molar-refractivity contribution >= 4 is 38.3 Å². The number of benzene rings is 2. The standard InChI is InChI=1S/C16H12BrNO2/c1-10-8-11(9-20-10)16(19)18-15-7-6-14(17)12-4-2-3-5-13(12)15/h2-9H,1H3,(H,18,19). The van der Waals surface area contributed by atoms with Gasteiger partial charge in [0.25, 0.3) is 5.91 Å². The van der Waals surface area contributed by atoms with Crippen LogP contribution in [0.3, 0.4) is 0 Å². The quantitative estimate of drug-likeness (QED) is 0.736. The van der Waals surface area contributed by atoms with Gasteiger partial charge >= 0.3 is 0 Å². The van der Waals surface area contributed by atoms with Crippen molar-refractivity contribution in [2.24, 2.45) is 0 Å². The van der Waals surface area contributed by atoms with Crippen molar-refractivity contribution in [2.75, 3.05) is 5.32 Å². The summed E-state index contributed by atoms with van der Waals surface area (Å²) in [6.45, 7) is 1.81. The molecule has 0 aliphatic heterocycles. The zero-order valence-corrected chi connectivity index (χ0v) is 12.4. The fourth-order valence-electron chi connectivity index (χ4n) is 2.13. The van der Waals surface area contributed by atoms with Gasteiger partial charge in [-0.15, -0.1) is 0 Å². The van der Waals surface area contributed by atoms with Crippen LogP contribution in [0.15, 0.2) is 57.6 Å². The van der Waals surface area contributed by atoms with Crippen molar-refractivity contribution < 1.29 is 9.21 Å². The summed E-state index contributed by atoms with van der Waals surface area (Å²) in [4.78, 5) is 12.2. The molecule has 0 saturated carbocycles. The Labute approximate surface area is 124 Å². The number of carbonyl (C=O) groups is 1. The first-order valence-electron chi connectivity index (χ1n) is 6.19. The molecule has 0 fully saturated rings. The summed E-state index contributed by atoms with van der Waals surface area (Å²) < 4.78 is 6.17. The van der Waals surface area contributed by atoms with Crippen LogP contribution < -0.4 is 5.32 Å². The second-order valence-corrected chi connectivity index (χ2v) is 5.40. The van der Waals surface area contributed by atoms with E-state index in [1.807, 2.05) is 43.3 Å². The zero-order chi connectivity index (χ0) is 14.1. The summed E-state index contributed by atoms with van der Waals surface area (Å²) in [6.07, 6.45) is 1.46. The highest BCUT2D eigenvalue weighted by molar-refractivity contribution is 9.10. The Morgan fingerprint density at radius 1 is 1.15 bits per heavy atom. The molecule has 0 bridgehead atoms. The molecule has 0 aliphatic carbocycles. The van der Waals surface area contributed by atoms with Crippen LogP contribution in [0.25, 0.3) is 10.8 Å². The third-order valence-electron chi connectivity index (χ3n) is 3.11. The summed E-state index contributed by atoms with van der Waals surface area (Å²) in [5, 5.41) is 4.98. The summed E-state index contributed by atoms with van der Waals surface area (Å²) in [6, 6.07) is 13.4. The SMILES string of the molecule is Cc1cc(C(=O)Nc2ccc(Br)c3ccccc23)co1. The highest BCUT2D eigenvalue weighted by Gasteiger charge is 2.11. The van der Waals surface area contributed by atoms with Crippen LogP contribution in [0.1, 0.15) is 16.1 Å². The van der Waals surface area contributed by atoms with Gasteiger partial charge in [0.1, 0.15) is 12.0 Å². The molecule has 1 amide bonds. The van der Waals surface area contributed by atoms with Crippen molar-refractivity contribution in [3.05, 3.63) is 64.5 Å². The average molecular weight is 330 g/mol. The second-order valence-electron chi connectivity index (χ2n) is 4.54. The van der Waals surface area contributed by atoms with Crippen LogP contribution in [0.4, 0.5) is 5.69 Å². The molecule has 2 aromatic carbocycles. The van der Waals surface area contributed by atoms with Crippen LogP contribution in [-0.4, -0.2) is 5.91 Å². The third kappa shape index (κ3) is 2.34. The number of anilines is 1. The molecule has 3 rings (SSSR count). The number of rotatable bonds is 2. The van der Waals surface area contributed by atoms with Gasteiger partial charge in [0.15, 0.2) is 0 Å². The predicted molar refractivity (Wildman–Crippen MR) is 83.0 cm³/mol. The Morgan fingerprint density at radius 3 is 2.60 bits per heavy atom. The van der Waals surface area contributed by atoms with E-state index in [-0.39, 0.29) is 5.91 Å². The summed E-state index contributed by atoms with van der Waals surface area (Å²) in [7, 11) is 0. The Kier molecular flexibility index (Phi) is 3.32. The fourth-order valence-corrected chi connectivity index (χ4v) is 2.61. The first-order valence-corrected chi connectivity index (χ1v) is 6.98. The largest absolute Gasteiger partial charge is 0.469 e. The average Bonchev–Trinajstić information content (AvgIpc) is 2.89. The van der Waals surface area contributed by atoms with Crippen molar-refractivity contribution in [2.45, 2.75) is 6.92 Å². The molecule has 3 aromatic rings. The van der Waals surface area contributed by atoms with E-state index < -0.39 is 0 Å². The Hall–Kier alpha value is -2.07. The number of hydrogen-bond donors (Lipinski definition) is 1. The minimum absolute atomic E-state index is 0.172. The number of amides is 1. The topological polar surface area (TPSA) is 42.2 Å². The van der Waals surface area contributed by atoms with Gasteiger partial charge in [0, 0.05) is 15.5 Å². The minimum atomic E-state index is -0.172. The van der Waals surface area contributed by atoms with Gasteiger partial charge in [-0.3, -0.25) is 4.79 Å². The fraction of sp³-hybridized carbons (Fsp3) is 0.0625. The van der Waals surface area contributed by atoms with Crippen LogP contribution in [-0.2, 0) is 0 Å². The molecule has 1 N–H and O–H groups in total. The molecule has 3 nitrogen and oxygen atoms in total. The maximum atomic E-state index is 12.2. The normalized spacial score (nSPS) is 10.7.